The fourth-order valence-corrected chi connectivity index (χ4v) is 10.2. The smallest absolute Gasteiger partial charge is 0.143 e. The van der Waals surface area contributed by atoms with Gasteiger partial charge in [0.2, 0.25) is 0 Å². The highest BCUT2D eigenvalue weighted by molar-refractivity contribution is 6.10. The zero-order valence-corrected chi connectivity index (χ0v) is 34.5. The number of para-hydroxylation sites is 6. The van der Waals surface area contributed by atoms with Crippen LogP contribution in [0.3, 0.4) is 0 Å². The number of hydrogen-bond donors (Lipinski definition) is 0. The van der Waals surface area contributed by atoms with Crippen LogP contribution in [0, 0.1) is 6.92 Å². The summed E-state index contributed by atoms with van der Waals surface area (Å²) in [6.45, 7) is 2.23. The van der Waals surface area contributed by atoms with Crippen molar-refractivity contribution in [2.75, 3.05) is 16.8 Å². The van der Waals surface area contributed by atoms with Gasteiger partial charge in [0.15, 0.2) is 0 Å². The van der Waals surface area contributed by atoms with Crippen molar-refractivity contribution >= 4 is 62.3 Å². The molecule has 9 aromatic carbocycles. The zero-order chi connectivity index (χ0) is 41.4. The molecule has 12 rings (SSSR count). The minimum Gasteiger partial charge on any atom is -0.455 e. The Labute approximate surface area is 361 Å². The molecule has 0 radical (unpaired) electrons. The lowest BCUT2D eigenvalue weighted by Gasteiger charge is -2.35. The predicted molar refractivity (Wildman–Crippen MR) is 258 cm³/mol. The molecule has 62 heavy (non-hydrogen) atoms. The summed E-state index contributed by atoms with van der Waals surface area (Å²) in [7, 11) is 2.16. The molecule has 0 saturated heterocycles. The number of rotatable bonds is 5. The van der Waals surface area contributed by atoms with Gasteiger partial charge >= 0.3 is 0 Å². The van der Waals surface area contributed by atoms with Gasteiger partial charge in [0.25, 0.3) is 0 Å². The maximum atomic E-state index is 6.42. The number of aryl methyl sites for hydroxylation is 1. The Kier molecular flexibility index (Phi) is 8.16. The molecule has 0 fully saturated rings. The second-order valence-electron chi connectivity index (χ2n) is 16.4. The zero-order valence-electron chi connectivity index (χ0n) is 34.5. The first-order valence-electron chi connectivity index (χ1n) is 21.3. The predicted octanol–water partition coefficient (Wildman–Crippen LogP) is 15.5. The minimum absolute atomic E-state index is 0.596. The molecule has 1 unspecified atom stereocenters. The van der Waals surface area contributed by atoms with E-state index in [0.29, 0.717) is 0 Å². The lowest BCUT2D eigenvalue weighted by Crippen LogP contribution is -2.32. The number of benzene rings is 9. The molecule has 0 amide bonds. The largest absolute Gasteiger partial charge is 0.455 e. The molecule has 4 heteroatoms. The average Bonchev–Trinajstić information content (AvgIpc) is 3.86. The van der Waals surface area contributed by atoms with Gasteiger partial charge in [-0.1, -0.05) is 146 Å². The first-order chi connectivity index (χ1) is 30.6. The summed E-state index contributed by atoms with van der Waals surface area (Å²) < 4.78 is 6.42. The molecule has 294 valence electrons. The molecule has 1 aromatic heterocycles. The van der Waals surface area contributed by atoms with Crippen molar-refractivity contribution in [3.8, 4) is 33.4 Å². The van der Waals surface area contributed by atoms with Gasteiger partial charge in [0.1, 0.15) is 11.2 Å². The van der Waals surface area contributed by atoms with Gasteiger partial charge in [-0.2, -0.15) is 0 Å². The van der Waals surface area contributed by atoms with Crippen molar-refractivity contribution in [3.63, 3.8) is 0 Å². The summed E-state index contributed by atoms with van der Waals surface area (Å²) in [6, 6.07) is 74.1. The standard InChI is InChI=1S/C58H41N3O/c1-38-36-40(32-35-52(38)61(41-16-4-3-5-17-41)42-33-30-39(31-34-42)44-21-14-22-46-45-18-7-13-29-55(45)62-57(44)46)43-20-15-25-50-56(43)47-19-6-8-23-48(47)58(50)37-59-51-26-10-12-28-54(51)60(2)53-27-11-9-24-49(53)58/h3-37H,1-2H3/b59-37+. The van der Waals surface area contributed by atoms with E-state index >= 15 is 0 Å². The number of anilines is 5. The van der Waals surface area contributed by atoms with E-state index in [0.717, 1.165) is 61.5 Å². The summed E-state index contributed by atoms with van der Waals surface area (Å²) in [5.41, 5.74) is 19.7. The van der Waals surface area contributed by atoms with Crippen molar-refractivity contribution in [3.05, 3.63) is 229 Å². The molecule has 0 saturated carbocycles. The Bertz CT molecular complexity index is 3400. The Morgan fingerprint density at radius 3 is 1.98 bits per heavy atom. The SMILES string of the molecule is Cc1cc(-c2cccc3c2-c2ccccc2C32/C=N/c3ccccc3N(C)c3ccccc32)ccc1N(c1ccccc1)c1ccc(-c2cccc3c2oc2ccccc23)cc1. The molecular formula is C58H41N3O. The molecule has 1 aliphatic heterocycles. The van der Waals surface area contributed by atoms with Gasteiger partial charge in [-0.05, 0) is 118 Å². The van der Waals surface area contributed by atoms with Crippen molar-refractivity contribution in [1.29, 1.82) is 0 Å². The van der Waals surface area contributed by atoms with E-state index in [1.807, 2.05) is 12.1 Å². The number of nitrogens with zero attached hydrogens (tertiary/aromatic N) is 3. The Balaban J connectivity index is 0.980. The number of hydrogen-bond acceptors (Lipinski definition) is 4. The van der Waals surface area contributed by atoms with Gasteiger partial charge in [0, 0.05) is 52.3 Å². The normalized spacial score (nSPS) is 15.4. The van der Waals surface area contributed by atoms with E-state index in [-0.39, 0.29) is 0 Å². The van der Waals surface area contributed by atoms with Gasteiger partial charge in [-0.3, -0.25) is 4.99 Å². The quantitative estimate of drug-likeness (QED) is 0.174. The van der Waals surface area contributed by atoms with Crippen molar-refractivity contribution < 1.29 is 4.42 Å². The highest BCUT2D eigenvalue weighted by Crippen LogP contribution is 2.57. The summed E-state index contributed by atoms with van der Waals surface area (Å²) in [5, 5.41) is 2.27. The summed E-state index contributed by atoms with van der Waals surface area (Å²) in [6.07, 6.45) is 2.21. The fraction of sp³-hybridized carbons (Fsp3) is 0.0517. The van der Waals surface area contributed by atoms with Crippen LogP contribution in [0.5, 0.6) is 0 Å². The Morgan fingerprint density at radius 1 is 0.500 bits per heavy atom. The molecular weight excluding hydrogens is 755 g/mol. The fourth-order valence-electron chi connectivity index (χ4n) is 10.2. The van der Waals surface area contributed by atoms with Crippen LogP contribution in [0.4, 0.5) is 34.1 Å². The van der Waals surface area contributed by atoms with Crippen LogP contribution in [0.25, 0.3) is 55.3 Å². The second-order valence-corrected chi connectivity index (χ2v) is 16.4. The van der Waals surface area contributed by atoms with E-state index in [1.54, 1.807) is 0 Å². The van der Waals surface area contributed by atoms with Crippen molar-refractivity contribution in [2.24, 2.45) is 4.99 Å². The highest BCUT2D eigenvalue weighted by Gasteiger charge is 2.46. The Morgan fingerprint density at radius 2 is 1.13 bits per heavy atom. The molecule has 1 atom stereocenters. The van der Waals surface area contributed by atoms with E-state index in [9.17, 15) is 0 Å². The van der Waals surface area contributed by atoms with Crippen LogP contribution in [0.15, 0.2) is 216 Å². The third kappa shape index (κ3) is 5.36. The molecule has 2 heterocycles. The molecule has 0 N–H and O–H groups in total. The van der Waals surface area contributed by atoms with Crippen LogP contribution in [0.1, 0.15) is 22.3 Å². The van der Waals surface area contributed by atoms with E-state index in [2.05, 4.69) is 224 Å². The maximum Gasteiger partial charge on any atom is 0.143 e. The molecule has 4 nitrogen and oxygen atoms in total. The van der Waals surface area contributed by atoms with E-state index in [1.165, 1.54) is 50.2 Å². The second kappa shape index (κ2) is 14.1. The van der Waals surface area contributed by atoms with Crippen LogP contribution in [0.2, 0.25) is 0 Å². The van der Waals surface area contributed by atoms with Crippen LogP contribution in [-0.2, 0) is 5.41 Å². The number of fused-ring (bicyclic) bond motifs is 11. The first kappa shape index (κ1) is 35.9. The van der Waals surface area contributed by atoms with Gasteiger partial charge < -0.3 is 14.2 Å². The lowest BCUT2D eigenvalue weighted by molar-refractivity contribution is 0.670. The molecule has 2 aliphatic rings. The molecule has 1 spiro atoms. The van der Waals surface area contributed by atoms with E-state index < -0.39 is 5.41 Å². The lowest BCUT2D eigenvalue weighted by atomic mass is 9.72. The molecule has 1 aliphatic carbocycles. The summed E-state index contributed by atoms with van der Waals surface area (Å²) in [5.74, 6) is 0. The minimum atomic E-state index is -0.596. The van der Waals surface area contributed by atoms with Gasteiger partial charge in [0.05, 0.1) is 16.8 Å². The monoisotopic (exact) mass is 795 g/mol. The van der Waals surface area contributed by atoms with Crippen LogP contribution < -0.4 is 9.80 Å². The Hall–Kier alpha value is -7.95. The van der Waals surface area contributed by atoms with Crippen LogP contribution >= 0.6 is 0 Å². The third-order valence-electron chi connectivity index (χ3n) is 13.0. The van der Waals surface area contributed by atoms with Crippen molar-refractivity contribution in [2.45, 2.75) is 12.3 Å². The van der Waals surface area contributed by atoms with E-state index in [4.69, 9.17) is 9.41 Å². The maximum absolute atomic E-state index is 6.42. The van der Waals surface area contributed by atoms with Gasteiger partial charge in [-0.15, -0.1) is 0 Å². The topological polar surface area (TPSA) is 32.0 Å². The van der Waals surface area contributed by atoms with Crippen LogP contribution in [-0.4, -0.2) is 13.3 Å². The number of aliphatic imine (C=N–C) groups is 1. The summed E-state index contributed by atoms with van der Waals surface area (Å²) in [4.78, 5) is 9.96. The average molecular weight is 796 g/mol. The highest BCUT2D eigenvalue weighted by atomic mass is 16.3. The molecule has 10 aromatic rings. The van der Waals surface area contributed by atoms with Gasteiger partial charge in [-0.25, -0.2) is 0 Å². The number of furan rings is 1. The third-order valence-corrected chi connectivity index (χ3v) is 13.0. The summed E-state index contributed by atoms with van der Waals surface area (Å²) >= 11 is 0. The van der Waals surface area contributed by atoms with Crippen molar-refractivity contribution in [1.82, 2.24) is 0 Å². The molecule has 0 bridgehead atoms. The first-order valence-corrected chi connectivity index (χ1v) is 21.3.